The Hall–Kier alpha value is -2.10. The van der Waals surface area contributed by atoms with Gasteiger partial charge >= 0.3 is 13.8 Å². The Morgan fingerprint density at radius 3 is 1.23 bits per heavy atom. The van der Waals surface area contributed by atoms with Crippen molar-refractivity contribution in [2.24, 2.45) is 0 Å². The van der Waals surface area contributed by atoms with E-state index < -0.39 is 39.2 Å². The number of phosphoric acid groups is 1. The summed E-state index contributed by atoms with van der Waals surface area (Å²) in [6, 6.07) is 0. The van der Waals surface area contributed by atoms with Crippen LogP contribution in [-0.2, 0) is 27.9 Å². The van der Waals surface area contributed by atoms with E-state index in [2.05, 4.69) is 86.8 Å². The van der Waals surface area contributed by atoms with Crippen molar-refractivity contribution in [3.63, 3.8) is 0 Å². The van der Waals surface area contributed by atoms with Gasteiger partial charge in [-0.2, -0.15) is 0 Å². The van der Waals surface area contributed by atoms with Crippen LogP contribution in [0.2, 0.25) is 0 Å². The second-order valence-electron chi connectivity index (χ2n) is 17.9. The van der Waals surface area contributed by atoms with E-state index in [0.29, 0.717) is 13.0 Å². The molecule has 0 heterocycles. The summed E-state index contributed by atoms with van der Waals surface area (Å²) < 4.78 is 33.6. The molecule has 0 aliphatic carbocycles. The third-order valence-electron chi connectivity index (χ3n) is 11.4. The van der Waals surface area contributed by atoms with Crippen LogP contribution in [0.3, 0.4) is 0 Å². The van der Waals surface area contributed by atoms with Crippen LogP contribution in [0.5, 0.6) is 0 Å². The lowest BCUT2D eigenvalue weighted by atomic mass is 10.1. The van der Waals surface area contributed by atoms with Gasteiger partial charge in [0.1, 0.15) is 12.2 Å². The van der Waals surface area contributed by atoms with Crippen molar-refractivity contribution in [1.82, 2.24) is 0 Å². The highest BCUT2D eigenvalue weighted by atomic mass is 31.2. The SMILES string of the molecule is CCCCCCC/C=C\C/C=C\C/C=C\CCCCCCCCCCCOCC(COP(=O)(O)OCC(O)CO)OC(=O)CCCCCCCC/C=C\C/C=C\C/C=C\CCCCCCC. The average Bonchev–Trinajstić information content (AvgIpc) is 3.31. The fraction of sp³-hybridized carbons (Fsp3) is 0.768. The van der Waals surface area contributed by atoms with Gasteiger partial charge in [0.25, 0.3) is 0 Å². The van der Waals surface area contributed by atoms with Crippen molar-refractivity contribution in [2.75, 3.05) is 33.0 Å². The topological polar surface area (TPSA) is 132 Å². The van der Waals surface area contributed by atoms with Crippen LogP contribution in [0.4, 0.5) is 0 Å². The average molecular weight is 949 g/mol. The van der Waals surface area contributed by atoms with E-state index in [9.17, 15) is 19.4 Å². The zero-order valence-corrected chi connectivity index (χ0v) is 43.3. The number of rotatable bonds is 51. The minimum absolute atomic E-state index is 0.0369. The number of allylic oxidation sites excluding steroid dienone is 12. The van der Waals surface area contributed by atoms with Crippen molar-refractivity contribution < 1.29 is 43.0 Å². The first-order chi connectivity index (χ1) is 32.3. The Bertz CT molecular complexity index is 1260. The predicted molar refractivity (Wildman–Crippen MR) is 279 cm³/mol. The van der Waals surface area contributed by atoms with Gasteiger partial charge in [0.05, 0.1) is 26.4 Å². The van der Waals surface area contributed by atoms with Gasteiger partial charge in [-0.3, -0.25) is 13.8 Å². The number of hydrogen-bond donors (Lipinski definition) is 3. The number of carbonyl (C=O) groups excluding carboxylic acids is 1. The van der Waals surface area contributed by atoms with Crippen LogP contribution in [-0.4, -0.2) is 66.3 Å². The fourth-order valence-electron chi connectivity index (χ4n) is 7.25. The Kier molecular flexibility index (Phi) is 50.6. The Morgan fingerprint density at radius 2 is 0.818 bits per heavy atom. The molecule has 0 aliphatic heterocycles. The number of esters is 1. The third-order valence-corrected chi connectivity index (χ3v) is 12.3. The van der Waals surface area contributed by atoms with E-state index in [1.165, 1.54) is 122 Å². The molecule has 66 heavy (non-hydrogen) atoms. The van der Waals surface area contributed by atoms with Crippen LogP contribution >= 0.6 is 7.82 Å². The number of aliphatic hydroxyl groups excluding tert-OH is 2. The van der Waals surface area contributed by atoms with Gasteiger partial charge in [-0.05, 0) is 89.9 Å². The van der Waals surface area contributed by atoms with Gasteiger partial charge in [0, 0.05) is 13.0 Å². The molecule has 9 nitrogen and oxygen atoms in total. The third kappa shape index (κ3) is 51.3. The lowest BCUT2D eigenvalue weighted by Crippen LogP contribution is -2.29. The van der Waals surface area contributed by atoms with E-state index in [-0.39, 0.29) is 19.6 Å². The molecule has 0 saturated carbocycles. The number of carbonyl (C=O) groups is 1. The molecule has 0 spiro atoms. The van der Waals surface area contributed by atoms with Crippen molar-refractivity contribution in [2.45, 2.75) is 244 Å². The number of hydrogen-bond acceptors (Lipinski definition) is 8. The molecule has 0 fully saturated rings. The minimum Gasteiger partial charge on any atom is -0.457 e. The Morgan fingerprint density at radius 1 is 0.470 bits per heavy atom. The normalized spacial score (nSPS) is 14.3. The Labute approximate surface area is 405 Å². The predicted octanol–water partition coefficient (Wildman–Crippen LogP) is 16.0. The molecule has 0 aromatic heterocycles. The van der Waals surface area contributed by atoms with Crippen LogP contribution in [0, 0.1) is 0 Å². The van der Waals surface area contributed by atoms with Crippen molar-refractivity contribution in [3.8, 4) is 0 Å². The van der Waals surface area contributed by atoms with Crippen LogP contribution in [0.15, 0.2) is 72.9 Å². The van der Waals surface area contributed by atoms with E-state index in [1.54, 1.807) is 0 Å². The maximum atomic E-state index is 12.7. The number of phosphoric ester groups is 1. The van der Waals surface area contributed by atoms with Crippen molar-refractivity contribution in [3.05, 3.63) is 72.9 Å². The van der Waals surface area contributed by atoms with Gasteiger partial charge < -0.3 is 24.6 Å². The molecule has 0 saturated heterocycles. The van der Waals surface area contributed by atoms with Gasteiger partial charge in [-0.1, -0.05) is 209 Å². The lowest BCUT2D eigenvalue weighted by Gasteiger charge is -2.20. The summed E-state index contributed by atoms with van der Waals surface area (Å²) in [5.41, 5.74) is 0. The molecule has 3 N–H and O–H groups in total. The first-order valence-corrected chi connectivity index (χ1v) is 28.4. The molecular weight excluding hydrogens is 848 g/mol. The molecule has 0 aromatic rings. The first kappa shape index (κ1) is 63.9. The molecule has 0 aliphatic rings. The fourth-order valence-corrected chi connectivity index (χ4v) is 8.04. The maximum Gasteiger partial charge on any atom is 0.472 e. The van der Waals surface area contributed by atoms with E-state index in [4.69, 9.17) is 23.6 Å². The highest BCUT2D eigenvalue weighted by molar-refractivity contribution is 7.47. The summed E-state index contributed by atoms with van der Waals surface area (Å²) in [6.45, 7) is 3.48. The molecule has 3 atom stereocenters. The number of ether oxygens (including phenoxy) is 2. The number of unbranched alkanes of at least 4 members (excludes halogenated alkanes) is 25. The van der Waals surface area contributed by atoms with Crippen molar-refractivity contribution in [1.29, 1.82) is 0 Å². The second kappa shape index (κ2) is 52.3. The molecule has 0 rings (SSSR count). The molecule has 0 bridgehead atoms. The zero-order chi connectivity index (χ0) is 48.1. The highest BCUT2D eigenvalue weighted by Crippen LogP contribution is 2.43. The first-order valence-electron chi connectivity index (χ1n) is 26.9. The van der Waals surface area contributed by atoms with Crippen LogP contribution in [0.25, 0.3) is 0 Å². The highest BCUT2D eigenvalue weighted by Gasteiger charge is 2.26. The summed E-state index contributed by atoms with van der Waals surface area (Å²) >= 11 is 0. The molecule has 384 valence electrons. The standard InChI is InChI=1S/C56H101O9P/c1-3-5-7-9-11-13-15-17-19-21-23-25-26-27-29-31-33-35-37-39-41-43-45-47-49-62-52-55(53-64-66(60,61)63-51-54(58)50-57)65-56(59)48-46-44-42-40-38-36-34-32-30-28-24-22-20-18-16-14-12-10-8-6-4-2/h15-18,21-24,26-27,30,32,54-55,57-58H,3-14,19-20,25,28-29,31,33-53H2,1-2H3,(H,60,61)/b17-15-,18-16-,23-21-,24-22-,27-26-,32-30-. The largest absolute Gasteiger partial charge is 0.472 e. The minimum atomic E-state index is -4.54. The van der Waals surface area contributed by atoms with Gasteiger partial charge in [0.2, 0.25) is 0 Å². The van der Waals surface area contributed by atoms with Gasteiger partial charge in [0.15, 0.2) is 0 Å². The van der Waals surface area contributed by atoms with Gasteiger partial charge in [-0.25, -0.2) is 4.57 Å². The quantitative estimate of drug-likeness (QED) is 0.0236. The van der Waals surface area contributed by atoms with E-state index >= 15 is 0 Å². The number of aliphatic hydroxyl groups is 2. The molecule has 3 unspecified atom stereocenters. The van der Waals surface area contributed by atoms with E-state index in [0.717, 1.165) is 83.5 Å². The second-order valence-corrected chi connectivity index (χ2v) is 19.3. The summed E-state index contributed by atoms with van der Waals surface area (Å²) in [5.74, 6) is -0.397. The van der Waals surface area contributed by atoms with E-state index in [1.807, 2.05) is 0 Å². The molecular formula is C56H101O9P. The Balaban J connectivity index is 4.11. The lowest BCUT2D eigenvalue weighted by molar-refractivity contribution is -0.154. The summed E-state index contributed by atoms with van der Waals surface area (Å²) in [6.07, 6.45) is 64.4. The smallest absolute Gasteiger partial charge is 0.457 e. The summed E-state index contributed by atoms with van der Waals surface area (Å²) in [7, 11) is -4.54. The molecule has 10 heteroatoms. The van der Waals surface area contributed by atoms with Gasteiger partial charge in [-0.15, -0.1) is 0 Å². The molecule has 0 aromatic carbocycles. The molecule has 0 radical (unpaired) electrons. The van der Waals surface area contributed by atoms with Crippen LogP contribution in [0.1, 0.15) is 232 Å². The molecule has 0 amide bonds. The summed E-state index contributed by atoms with van der Waals surface area (Å²) in [4.78, 5) is 22.7. The monoisotopic (exact) mass is 949 g/mol. The maximum absolute atomic E-state index is 12.7. The van der Waals surface area contributed by atoms with Crippen molar-refractivity contribution >= 4 is 13.8 Å². The zero-order valence-electron chi connectivity index (χ0n) is 42.4. The summed E-state index contributed by atoms with van der Waals surface area (Å²) in [5, 5.41) is 18.4. The van der Waals surface area contributed by atoms with Crippen LogP contribution < -0.4 is 0 Å².